The molecular weight excluding hydrogens is 190 g/mol. The zero-order chi connectivity index (χ0) is 8.97. The molecule has 0 amide bonds. The Morgan fingerprint density at radius 3 is 2.25 bits per heavy atom. The van der Waals surface area contributed by atoms with Crippen LogP contribution in [0, 0.1) is 0 Å². The van der Waals surface area contributed by atoms with Crippen molar-refractivity contribution in [3.05, 3.63) is 0 Å². The third kappa shape index (κ3) is 3.22. The molecule has 12 heavy (non-hydrogen) atoms. The lowest BCUT2D eigenvalue weighted by atomic mass is 9.97. The molecule has 0 saturated heterocycles. The van der Waals surface area contributed by atoms with Crippen molar-refractivity contribution in [1.29, 1.82) is 0 Å². The molecule has 2 atom stereocenters. The highest BCUT2D eigenvalue weighted by atomic mass is 32.2. The maximum absolute atomic E-state index is 12.7. The molecule has 0 bridgehead atoms. The van der Waals surface area contributed by atoms with E-state index in [4.69, 9.17) is 5.26 Å². The number of alkyl halides is 2. The summed E-state index contributed by atoms with van der Waals surface area (Å²) in [7, 11) is 0. The third-order valence-electron chi connectivity index (χ3n) is 1.75. The van der Waals surface area contributed by atoms with E-state index in [-0.39, 0.29) is 24.5 Å². The fourth-order valence-electron chi connectivity index (χ4n) is 1.29. The molecule has 6 heteroatoms. The van der Waals surface area contributed by atoms with E-state index in [0.717, 1.165) is 12.0 Å². The summed E-state index contributed by atoms with van der Waals surface area (Å²) < 4.78 is 29.5. The smallest absolute Gasteiger partial charge is 0.104 e. The van der Waals surface area contributed by atoms with Gasteiger partial charge in [0.15, 0.2) is 0 Å². The van der Waals surface area contributed by atoms with Gasteiger partial charge >= 0.3 is 0 Å². The fraction of sp³-hybridized carbons (Fsp3) is 1.00. The Bertz CT molecular complexity index is 128. The van der Waals surface area contributed by atoms with Crippen LogP contribution in [0.1, 0.15) is 19.3 Å². The van der Waals surface area contributed by atoms with Gasteiger partial charge in [0.25, 0.3) is 0 Å². The van der Waals surface area contributed by atoms with Gasteiger partial charge < -0.3 is 0 Å². The summed E-state index contributed by atoms with van der Waals surface area (Å²) in [5, 5.41) is 10.8. The Balaban J connectivity index is 2.24. The van der Waals surface area contributed by atoms with Crippen LogP contribution >= 0.6 is 12.0 Å². The van der Waals surface area contributed by atoms with Crippen molar-refractivity contribution < 1.29 is 23.4 Å². The van der Waals surface area contributed by atoms with Gasteiger partial charge in [-0.3, -0.25) is 0 Å². The van der Waals surface area contributed by atoms with Crippen molar-refractivity contribution in [3.8, 4) is 0 Å². The maximum atomic E-state index is 12.7. The van der Waals surface area contributed by atoms with E-state index in [9.17, 15) is 8.78 Å². The van der Waals surface area contributed by atoms with Crippen LogP contribution in [-0.4, -0.2) is 22.9 Å². The van der Waals surface area contributed by atoms with Crippen LogP contribution in [0.3, 0.4) is 0 Å². The Kier molecular flexibility index (Phi) is 4.20. The summed E-state index contributed by atoms with van der Waals surface area (Å²) in [6, 6.07) is 0. The van der Waals surface area contributed by atoms with Crippen molar-refractivity contribution in [3.63, 3.8) is 0 Å². The van der Waals surface area contributed by atoms with E-state index >= 15 is 0 Å². The fourth-order valence-corrected chi connectivity index (χ4v) is 2.01. The van der Waals surface area contributed by atoms with Gasteiger partial charge in [0.2, 0.25) is 0 Å². The monoisotopic (exact) mass is 200 g/mol. The van der Waals surface area contributed by atoms with Crippen LogP contribution in [0.5, 0.6) is 0 Å². The highest BCUT2D eigenvalue weighted by Crippen LogP contribution is 2.32. The van der Waals surface area contributed by atoms with E-state index in [1.165, 1.54) is 0 Å². The van der Waals surface area contributed by atoms with E-state index < -0.39 is 12.3 Å². The molecule has 0 aromatic carbocycles. The summed E-state index contributed by atoms with van der Waals surface area (Å²) >= 11 is 0.753. The lowest BCUT2D eigenvalue weighted by molar-refractivity contribution is -0.432. The Labute approximate surface area is 73.1 Å². The van der Waals surface area contributed by atoms with E-state index in [0.29, 0.717) is 0 Å². The molecule has 1 fully saturated rings. The van der Waals surface area contributed by atoms with Gasteiger partial charge in [-0.25, -0.2) is 14.0 Å². The summed E-state index contributed by atoms with van der Waals surface area (Å²) in [4.78, 5) is 0. The average Bonchev–Trinajstić information content (AvgIpc) is 1.99. The van der Waals surface area contributed by atoms with E-state index in [1.54, 1.807) is 0 Å². The first-order valence-corrected chi connectivity index (χ1v) is 4.44. The van der Waals surface area contributed by atoms with Crippen LogP contribution in [0.2, 0.25) is 0 Å². The molecule has 0 aliphatic heterocycles. The minimum Gasteiger partial charge on any atom is -0.247 e. The zero-order valence-electron chi connectivity index (χ0n) is 6.28. The molecule has 0 heterocycles. The molecule has 0 aromatic heterocycles. The van der Waals surface area contributed by atoms with Crippen molar-refractivity contribution in [2.24, 2.45) is 0 Å². The molecule has 0 radical (unpaired) electrons. The van der Waals surface area contributed by atoms with Crippen molar-refractivity contribution in [2.45, 2.75) is 36.9 Å². The van der Waals surface area contributed by atoms with Crippen molar-refractivity contribution >= 4 is 12.0 Å². The molecule has 1 saturated carbocycles. The van der Waals surface area contributed by atoms with Crippen molar-refractivity contribution in [1.82, 2.24) is 0 Å². The van der Waals surface area contributed by atoms with Crippen LogP contribution in [0.25, 0.3) is 0 Å². The van der Waals surface area contributed by atoms with Gasteiger partial charge in [-0.1, -0.05) is 5.04 Å². The van der Waals surface area contributed by atoms with Crippen molar-refractivity contribution in [2.75, 3.05) is 0 Å². The second-order valence-electron chi connectivity index (χ2n) is 2.76. The van der Waals surface area contributed by atoms with Gasteiger partial charge in [-0.15, -0.1) is 4.33 Å². The normalized spacial score (nSPS) is 36.8. The predicted molar refractivity (Wildman–Crippen MR) is 39.8 cm³/mol. The first-order valence-electron chi connectivity index (χ1n) is 3.64. The number of hydrogen-bond donors (Lipinski definition) is 1. The first kappa shape index (κ1) is 10.2. The average molecular weight is 200 g/mol. The van der Waals surface area contributed by atoms with Gasteiger partial charge in [0.1, 0.15) is 12.3 Å². The molecular formula is C6H10F2O3S. The quantitative estimate of drug-likeness (QED) is 0.431. The van der Waals surface area contributed by atoms with E-state index in [1.807, 2.05) is 0 Å². The molecule has 0 aromatic rings. The SMILES string of the molecule is OOOSC1CC(F)CC(F)C1. The zero-order valence-corrected chi connectivity index (χ0v) is 7.10. The van der Waals surface area contributed by atoms with Gasteiger partial charge in [-0.05, 0) is 12.8 Å². The summed E-state index contributed by atoms with van der Waals surface area (Å²) in [6.07, 6.45) is -1.78. The molecule has 1 N–H and O–H groups in total. The second-order valence-corrected chi connectivity index (χ2v) is 3.76. The van der Waals surface area contributed by atoms with Crippen LogP contribution in [0.4, 0.5) is 8.78 Å². The molecule has 3 nitrogen and oxygen atoms in total. The van der Waals surface area contributed by atoms with Crippen LogP contribution in [-0.2, 0) is 9.37 Å². The molecule has 2 unspecified atom stereocenters. The largest absolute Gasteiger partial charge is 0.247 e. The first-order chi connectivity index (χ1) is 5.72. The van der Waals surface area contributed by atoms with Crippen LogP contribution < -0.4 is 0 Å². The standard InChI is InChI=1S/C6H10F2O3S/c7-4-1-5(8)3-6(2-4)12-11-10-9/h4-6,9H,1-3H2. The minimum atomic E-state index is -1.12. The van der Waals surface area contributed by atoms with Gasteiger partial charge in [-0.2, -0.15) is 0 Å². The van der Waals surface area contributed by atoms with Gasteiger partial charge in [0, 0.05) is 23.7 Å². The summed E-state index contributed by atoms with van der Waals surface area (Å²) in [5.41, 5.74) is 0. The molecule has 1 aliphatic carbocycles. The predicted octanol–water partition coefficient (Wildman–Crippen LogP) is 2.28. The molecule has 1 aliphatic rings. The number of halogens is 2. The Hall–Kier alpha value is 0.0900. The molecule has 0 spiro atoms. The highest BCUT2D eigenvalue weighted by molar-refractivity contribution is 7.95. The maximum Gasteiger partial charge on any atom is 0.104 e. The van der Waals surface area contributed by atoms with E-state index in [2.05, 4.69) is 9.37 Å². The molecule has 72 valence electrons. The molecule has 1 rings (SSSR count). The number of hydrogen-bond acceptors (Lipinski definition) is 4. The minimum absolute atomic E-state index is 0.0307. The topological polar surface area (TPSA) is 38.7 Å². The summed E-state index contributed by atoms with van der Waals surface area (Å²) in [6.45, 7) is 0. The number of rotatable bonds is 3. The second kappa shape index (κ2) is 4.96. The van der Waals surface area contributed by atoms with Gasteiger partial charge in [0.05, 0.1) is 0 Å². The Morgan fingerprint density at radius 1 is 1.17 bits per heavy atom. The van der Waals surface area contributed by atoms with Crippen LogP contribution in [0.15, 0.2) is 0 Å². The Morgan fingerprint density at radius 2 is 1.75 bits per heavy atom. The highest BCUT2D eigenvalue weighted by Gasteiger charge is 2.29. The lowest BCUT2D eigenvalue weighted by Gasteiger charge is -2.24. The summed E-state index contributed by atoms with van der Waals surface area (Å²) in [5.74, 6) is 0. The lowest BCUT2D eigenvalue weighted by Crippen LogP contribution is -2.26. The third-order valence-corrected chi connectivity index (χ3v) is 2.55.